The number of nitrogens with one attached hydrogen (secondary N) is 2. The lowest BCUT2D eigenvalue weighted by Gasteiger charge is -2.16. The normalized spacial score (nSPS) is 11.8. The van der Waals surface area contributed by atoms with E-state index >= 15 is 0 Å². The summed E-state index contributed by atoms with van der Waals surface area (Å²) >= 11 is 5.88. The van der Waals surface area contributed by atoms with Crippen LogP contribution in [0.4, 0.5) is 10.5 Å². The number of benzene rings is 1. The van der Waals surface area contributed by atoms with Crippen molar-refractivity contribution in [2.45, 2.75) is 13.0 Å². The predicted molar refractivity (Wildman–Crippen MR) is 91.2 cm³/mol. The van der Waals surface area contributed by atoms with Gasteiger partial charge in [-0.25, -0.2) is 19.4 Å². The fourth-order valence-electron chi connectivity index (χ4n) is 2.18. The average Bonchev–Trinajstić information content (AvgIpc) is 3.10. The molecule has 24 heavy (non-hydrogen) atoms. The molecule has 2 aromatic heterocycles. The van der Waals surface area contributed by atoms with Gasteiger partial charge < -0.3 is 10.6 Å². The standard InChI is InChI=1S/C16H15ClN6O/c1-11(12-4-6-13(17)7-5-12)21-16(24)22-14-3-2-8-19-15(14)23-10-18-9-20-23/h2-11H,1H3,(H2,21,22,24). The average molecular weight is 343 g/mol. The van der Waals surface area contributed by atoms with Gasteiger partial charge in [-0.05, 0) is 36.8 Å². The largest absolute Gasteiger partial charge is 0.331 e. The van der Waals surface area contributed by atoms with Gasteiger partial charge in [0.1, 0.15) is 12.7 Å². The Balaban J connectivity index is 1.70. The monoisotopic (exact) mass is 342 g/mol. The predicted octanol–water partition coefficient (Wildman–Crippen LogP) is 3.20. The molecular weight excluding hydrogens is 328 g/mol. The number of anilines is 1. The Bertz CT molecular complexity index is 819. The Morgan fingerprint density at radius 2 is 2.04 bits per heavy atom. The van der Waals surface area contributed by atoms with E-state index in [0.29, 0.717) is 16.5 Å². The van der Waals surface area contributed by atoms with Crippen LogP contribution in [-0.2, 0) is 0 Å². The van der Waals surface area contributed by atoms with Crippen molar-refractivity contribution < 1.29 is 4.79 Å². The number of hydrogen-bond acceptors (Lipinski definition) is 4. The van der Waals surface area contributed by atoms with Crippen molar-refractivity contribution in [3.8, 4) is 5.82 Å². The van der Waals surface area contributed by atoms with Gasteiger partial charge >= 0.3 is 6.03 Å². The Morgan fingerprint density at radius 1 is 1.25 bits per heavy atom. The second kappa shape index (κ2) is 7.10. The fraction of sp³-hybridized carbons (Fsp3) is 0.125. The van der Waals surface area contributed by atoms with Crippen molar-refractivity contribution in [2.24, 2.45) is 0 Å². The lowest BCUT2D eigenvalue weighted by atomic mass is 10.1. The summed E-state index contributed by atoms with van der Waals surface area (Å²) in [5.74, 6) is 0.490. The Kier molecular flexibility index (Phi) is 4.72. The van der Waals surface area contributed by atoms with Crippen molar-refractivity contribution in [1.82, 2.24) is 25.1 Å². The van der Waals surface area contributed by atoms with E-state index in [1.807, 2.05) is 19.1 Å². The van der Waals surface area contributed by atoms with Crippen LogP contribution in [0, 0.1) is 0 Å². The lowest BCUT2D eigenvalue weighted by Crippen LogP contribution is -2.31. The summed E-state index contributed by atoms with van der Waals surface area (Å²) in [5, 5.41) is 10.3. The summed E-state index contributed by atoms with van der Waals surface area (Å²) in [5.41, 5.74) is 1.49. The van der Waals surface area contributed by atoms with E-state index < -0.39 is 0 Å². The summed E-state index contributed by atoms with van der Waals surface area (Å²) in [6.45, 7) is 1.89. The number of pyridine rings is 1. The first-order valence-electron chi connectivity index (χ1n) is 7.26. The third-order valence-electron chi connectivity index (χ3n) is 3.39. The van der Waals surface area contributed by atoms with E-state index in [1.54, 1.807) is 30.5 Å². The summed E-state index contributed by atoms with van der Waals surface area (Å²) in [4.78, 5) is 20.4. The number of nitrogens with zero attached hydrogens (tertiary/aromatic N) is 4. The van der Waals surface area contributed by atoms with E-state index in [-0.39, 0.29) is 12.1 Å². The molecule has 0 saturated carbocycles. The fourth-order valence-corrected chi connectivity index (χ4v) is 2.31. The topological polar surface area (TPSA) is 84.7 Å². The maximum Gasteiger partial charge on any atom is 0.319 e. The first-order chi connectivity index (χ1) is 11.6. The van der Waals surface area contributed by atoms with Gasteiger partial charge in [-0.1, -0.05) is 23.7 Å². The molecule has 1 unspecified atom stereocenters. The van der Waals surface area contributed by atoms with Crippen molar-refractivity contribution in [3.63, 3.8) is 0 Å². The van der Waals surface area contributed by atoms with Crippen LogP contribution in [0.3, 0.4) is 0 Å². The SMILES string of the molecule is CC(NC(=O)Nc1cccnc1-n1cncn1)c1ccc(Cl)cc1. The molecule has 0 bridgehead atoms. The third-order valence-corrected chi connectivity index (χ3v) is 3.64. The second-order valence-corrected chi connectivity index (χ2v) is 5.52. The van der Waals surface area contributed by atoms with Gasteiger partial charge in [0, 0.05) is 11.2 Å². The quantitative estimate of drug-likeness (QED) is 0.762. The Hall–Kier alpha value is -2.93. The molecule has 0 spiro atoms. The van der Waals surface area contributed by atoms with Crippen molar-refractivity contribution in [3.05, 3.63) is 65.8 Å². The summed E-state index contributed by atoms with van der Waals surface area (Å²) in [6.07, 6.45) is 4.54. The molecule has 2 N–H and O–H groups in total. The van der Waals surface area contributed by atoms with Crippen molar-refractivity contribution >= 4 is 23.3 Å². The number of hydrogen-bond donors (Lipinski definition) is 2. The second-order valence-electron chi connectivity index (χ2n) is 5.09. The highest BCUT2D eigenvalue weighted by atomic mass is 35.5. The van der Waals surface area contributed by atoms with Crippen LogP contribution in [-0.4, -0.2) is 25.8 Å². The molecule has 0 aliphatic heterocycles. The number of rotatable bonds is 4. The van der Waals surface area contributed by atoms with Crippen LogP contribution in [0.25, 0.3) is 5.82 Å². The van der Waals surface area contributed by atoms with Gasteiger partial charge in [-0.3, -0.25) is 0 Å². The highest BCUT2D eigenvalue weighted by Crippen LogP contribution is 2.18. The maximum atomic E-state index is 12.3. The Morgan fingerprint density at radius 3 is 2.75 bits per heavy atom. The number of carbonyl (C=O) groups is 1. The number of aromatic nitrogens is 4. The van der Waals surface area contributed by atoms with E-state index in [1.165, 1.54) is 17.3 Å². The van der Waals surface area contributed by atoms with Crippen LogP contribution >= 0.6 is 11.6 Å². The maximum absolute atomic E-state index is 12.3. The van der Waals surface area contributed by atoms with Gasteiger partial charge in [0.2, 0.25) is 0 Å². The van der Waals surface area contributed by atoms with Crippen LogP contribution < -0.4 is 10.6 Å². The van der Waals surface area contributed by atoms with Crippen molar-refractivity contribution in [2.75, 3.05) is 5.32 Å². The van der Waals surface area contributed by atoms with E-state index in [4.69, 9.17) is 11.6 Å². The molecule has 1 atom stereocenters. The number of carbonyl (C=O) groups excluding carboxylic acids is 1. The van der Waals surface area contributed by atoms with E-state index in [2.05, 4.69) is 25.7 Å². The molecular formula is C16H15ClN6O. The molecule has 1 aromatic carbocycles. The number of amides is 2. The molecule has 122 valence electrons. The summed E-state index contributed by atoms with van der Waals surface area (Å²) in [6, 6.07) is 10.3. The molecule has 7 nitrogen and oxygen atoms in total. The highest BCUT2D eigenvalue weighted by Gasteiger charge is 2.13. The van der Waals surface area contributed by atoms with Crippen molar-refractivity contribution in [1.29, 1.82) is 0 Å². The number of urea groups is 1. The molecule has 0 fully saturated rings. The first-order valence-corrected chi connectivity index (χ1v) is 7.64. The van der Waals surface area contributed by atoms with Gasteiger partial charge in [0.15, 0.2) is 5.82 Å². The molecule has 0 radical (unpaired) electrons. The Labute approximate surface area is 143 Å². The molecule has 0 saturated heterocycles. The van der Waals surface area contributed by atoms with Crippen LogP contribution in [0.5, 0.6) is 0 Å². The number of halogens is 1. The molecule has 0 aliphatic carbocycles. The van der Waals surface area contributed by atoms with E-state index in [9.17, 15) is 4.79 Å². The molecule has 2 heterocycles. The minimum Gasteiger partial charge on any atom is -0.331 e. The van der Waals surface area contributed by atoms with Crippen LogP contribution in [0.15, 0.2) is 55.2 Å². The zero-order valence-electron chi connectivity index (χ0n) is 12.8. The smallest absolute Gasteiger partial charge is 0.319 e. The van der Waals surface area contributed by atoms with E-state index in [0.717, 1.165) is 5.56 Å². The zero-order chi connectivity index (χ0) is 16.9. The highest BCUT2D eigenvalue weighted by molar-refractivity contribution is 6.30. The summed E-state index contributed by atoms with van der Waals surface area (Å²) in [7, 11) is 0. The van der Waals surface area contributed by atoms with Gasteiger partial charge in [0.05, 0.1) is 11.7 Å². The third kappa shape index (κ3) is 3.69. The van der Waals surface area contributed by atoms with Gasteiger partial charge in [-0.15, -0.1) is 0 Å². The van der Waals surface area contributed by atoms with Gasteiger partial charge in [-0.2, -0.15) is 5.10 Å². The van der Waals surface area contributed by atoms with Gasteiger partial charge in [0.25, 0.3) is 0 Å². The lowest BCUT2D eigenvalue weighted by molar-refractivity contribution is 0.249. The molecule has 0 aliphatic rings. The zero-order valence-corrected chi connectivity index (χ0v) is 13.6. The summed E-state index contributed by atoms with van der Waals surface area (Å²) < 4.78 is 1.48. The van der Waals surface area contributed by atoms with Crippen LogP contribution in [0.1, 0.15) is 18.5 Å². The molecule has 8 heteroatoms. The first kappa shape index (κ1) is 15.9. The molecule has 3 aromatic rings. The minimum atomic E-state index is -0.341. The van der Waals surface area contributed by atoms with Crippen LogP contribution in [0.2, 0.25) is 5.02 Å². The minimum absolute atomic E-state index is 0.172. The molecule has 3 rings (SSSR count). The molecule has 2 amide bonds.